The standard InChI is InChI=1S/C21H24BrF3N4O2/c1-13-18(19(22)14(2)26-13)20(31)29-9-5-8-28(10-11-29)12-17(30)27-16-7-4-3-6-15(16)21(23,24)25/h3-4,6-7,26H,5,8-12H2,1-2H3,(H,27,30). The van der Waals surface area contributed by atoms with E-state index in [2.05, 4.69) is 26.2 Å². The van der Waals surface area contributed by atoms with E-state index in [0.717, 1.165) is 21.9 Å². The van der Waals surface area contributed by atoms with Crippen molar-refractivity contribution in [1.29, 1.82) is 0 Å². The number of amides is 2. The van der Waals surface area contributed by atoms with Crippen LogP contribution >= 0.6 is 15.9 Å². The third-order valence-corrected chi connectivity index (χ3v) is 6.25. The molecule has 2 aromatic rings. The van der Waals surface area contributed by atoms with Crippen LogP contribution in [0.5, 0.6) is 0 Å². The average molecular weight is 501 g/mol. The summed E-state index contributed by atoms with van der Waals surface area (Å²) in [7, 11) is 0. The Kier molecular flexibility index (Phi) is 7.10. The molecule has 0 saturated carbocycles. The Morgan fingerprint density at radius 2 is 1.81 bits per heavy atom. The van der Waals surface area contributed by atoms with Gasteiger partial charge < -0.3 is 15.2 Å². The zero-order chi connectivity index (χ0) is 22.8. The Balaban J connectivity index is 1.61. The quantitative estimate of drug-likeness (QED) is 0.660. The number of aromatic nitrogens is 1. The molecule has 1 aliphatic rings. The Labute approximate surface area is 186 Å². The zero-order valence-electron chi connectivity index (χ0n) is 17.3. The van der Waals surface area contributed by atoms with Crippen LogP contribution in [0.3, 0.4) is 0 Å². The summed E-state index contributed by atoms with van der Waals surface area (Å²) in [4.78, 5) is 32.1. The van der Waals surface area contributed by atoms with Crippen LogP contribution in [0.1, 0.15) is 33.7 Å². The van der Waals surface area contributed by atoms with Gasteiger partial charge in [-0.15, -0.1) is 0 Å². The minimum absolute atomic E-state index is 0.0415. The van der Waals surface area contributed by atoms with Crippen molar-refractivity contribution in [1.82, 2.24) is 14.8 Å². The highest BCUT2D eigenvalue weighted by molar-refractivity contribution is 9.10. The monoisotopic (exact) mass is 500 g/mol. The van der Waals surface area contributed by atoms with E-state index in [1.165, 1.54) is 18.2 Å². The van der Waals surface area contributed by atoms with Crippen LogP contribution < -0.4 is 5.32 Å². The lowest BCUT2D eigenvalue weighted by atomic mass is 10.1. The highest BCUT2D eigenvalue weighted by atomic mass is 79.9. The first-order chi connectivity index (χ1) is 14.6. The Morgan fingerprint density at radius 3 is 2.45 bits per heavy atom. The van der Waals surface area contributed by atoms with Gasteiger partial charge in [0.05, 0.1) is 27.8 Å². The molecule has 31 heavy (non-hydrogen) atoms. The van der Waals surface area contributed by atoms with Crippen LogP contribution in [0.15, 0.2) is 28.7 Å². The molecule has 1 fully saturated rings. The molecule has 3 rings (SSSR count). The normalized spacial score (nSPS) is 15.6. The van der Waals surface area contributed by atoms with Gasteiger partial charge in [-0.3, -0.25) is 14.5 Å². The van der Waals surface area contributed by atoms with Gasteiger partial charge in [0.15, 0.2) is 0 Å². The maximum atomic E-state index is 13.1. The molecule has 2 heterocycles. The smallest absolute Gasteiger partial charge is 0.361 e. The van der Waals surface area contributed by atoms with Crippen LogP contribution in [-0.2, 0) is 11.0 Å². The second kappa shape index (κ2) is 9.44. The topological polar surface area (TPSA) is 68.4 Å². The van der Waals surface area contributed by atoms with E-state index in [9.17, 15) is 22.8 Å². The van der Waals surface area contributed by atoms with Crippen LogP contribution in [0.4, 0.5) is 18.9 Å². The predicted octanol–water partition coefficient (Wildman–Crippen LogP) is 4.20. The Morgan fingerprint density at radius 1 is 1.10 bits per heavy atom. The van der Waals surface area contributed by atoms with Crippen molar-refractivity contribution in [3.8, 4) is 0 Å². The summed E-state index contributed by atoms with van der Waals surface area (Å²) < 4.78 is 40.1. The van der Waals surface area contributed by atoms with E-state index in [1.54, 1.807) is 4.90 Å². The van der Waals surface area contributed by atoms with Crippen molar-refractivity contribution in [2.24, 2.45) is 0 Å². The fourth-order valence-corrected chi connectivity index (χ4v) is 4.29. The van der Waals surface area contributed by atoms with E-state index in [0.29, 0.717) is 38.2 Å². The molecule has 6 nitrogen and oxygen atoms in total. The van der Waals surface area contributed by atoms with E-state index in [1.807, 2.05) is 18.7 Å². The van der Waals surface area contributed by atoms with Gasteiger partial charge in [0, 0.05) is 37.6 Å². The third-order valence-electron chi connectivity index (χ3n) is 5.26. The second-order valence-corrected chi connectivity index (χ2v) is 8.37. The molecule has 0 spiro atoms. The van der Waals surface area contributed by atoms with Gasteiger partial charge >= 0.3 is 6.18 Å². The molecule has 0 unspecified atom stereocenters. The van der Waals surface area contributed by atoms with Crippen molar-refractivity contribution in [3.63, 3.8) is 0 Å². The summed E-state index contributed by atoms with van der Waals surface area (Å²) in [5, 5.41) is 2.37. The molecular weight excluding hydrogens is 477 g/mol. The van der Waals surface area contributed by atoms with Gasteiger partial charge in [0.2, 0.25) is 5.91 Å². The summed E-state index contributed by atoms with van der Waals surface area (Å²) in [6.45, 7) is 5.70. The van der Waals surface area contributed by atoms with Gasteiger partial charge in [0.1, 0.15) is 0 Å². The zero-order valence-corrected chi connectivity index (χ0v) is 18.9. The number of hydrogen-bond acceptors (Lipinski definition) is 3. The fraction of sp³-hybridized carbons (Fsp3) is 0.429. The number of benzene rings is 1. The number of rotatable bonds is 4. The molecule has 0 atom stereocenters. The summed E-state index contributed by atoms with van der Waals surface area (Å²) in [6.07, 6.45) is -3.88. The van der Waals surface area contributed by atoms with E-state index in [4.69, 9.17) is 0 Å². The number of aromatic amines is 1. The highest BCUT2D eigenvalue weighted by Crippen LogP contribution is 2.34. The van der Waals surface area contributed by atoms with Gasteiger partial charge in [-0.1, -0.05) is 12.1 Å². The fourth-order valence-electron chi connectivity index (χ4n) is 3.73. The summed E-state index contributed by atoms with van der Waals surface area (Å²) >= 11 is 3.46. The number of aryl methyl sites for hydroxylation is 2. The molecule has 0 bridgehead atoms. The number of carbonyl (C=O) groups excluding carboxylic acids is 2. The van der Waals surface area contributed by atoms with Crippen LogP contribution in [0.25, 0.3) is 0 Å². The van der Waals surface area contributed by atoms with Crippen molar-refractivity contribution in [3.05, 3.63) is 51.3 Å². The number of carbonyl (C=O) groups is 2. The average Bonchev–Trinajstić information content (AvgIpc) is 2.85. The van der Waals surface area contributed by atoms with Gasteiger partial charge in [-0.25, -0.2) is 0 Å². The lowest BCUT2D eigenvalue weighted by Crippen LogP contribution is -2.38. The molecular formula is C21H24BrF3N4O2. The predicted molar refractivity (Wildman–Crippen MR) is 115 cm³/mol. The van der Waals surface area contributed by atoms with E-state index < -0.39 is 17.6 Å². The molecule has 2 N–H and O–H groups in total. The van der Waals surface area contributed by atoms with E-state index >= 15 is 0 Å². The lowest BCUT2D eigenvalue weighted by molar-refractivity contribution is -0.137. The number of halogens is 4. The number of alkyl halides is 3. The first-order valence-corrected chi connectivity index (χ1v) is 10.7. The van der Waals surface area contributed by atoms with Crippen molar-refractivity contribution >= 4 is 33.4 Å². The SMILES string of the molecule is Cc1[nH]c(C)c(C(=O)N2CCCN(CC(=O)Nc3ccccc3C(F)(F)F)CC2)c1Br. The Bertz CT molecular complexity index is 974. The van der Waals surface area contributed by atoms with Gasteiger partial charge in [0.25, 0.3) is 5.91 Å². The third kappa shape index (κ3) is 5.48. The summed E-state index contributed by atoms with van der Waals surface area (Å²) in [6, 6.07) is 4.91. The molecule has 10 heteroatoms. The number of nitrogens with one attached hydrogen (secondary N) is 2. The number of nitrogens with zero attached hydrogens (tertiary/aromatic N) is 2. The number of H-pyrrole nitrogens is 1. The Hall–Kier alpha value is -2.33. The molecule has 168 valence electrons. The molecule has 0 aliphatic carbocycles. The largest absolute Gasteiger partial charge is 0.418 e. The van der Waals surface area contributed by atoms with Gasteiger partial charge in [-0.05, 0) is 48.3 Å². The van der Waals surface area contributed by atoms with E-state index in [-0.39, 0.29) is 18.1 Å². The minimum Gasteiger partial charge on any atom is -0.361 e. The molecule has 2 amide bonds. The van der Waals surface area contributed by atoms with Crippen molar-refractivity contribution in [2.75, 3.05) is 38.0 Å². The number of anilines is 1. The number of para-hydroxylation sites is 1. The summed E-state index contributed by atoms with van der Waals surface area (Å²) in [5.74, 6) is -0.601. The molecule has 1 saturated heterocycles. The lowest BCUT2D eigenvalue weighted by Gasteiger charge is -2.22. The molecule has 0 radical (unpaired) electrons. The summed E-state index contributed by atoms with van der Waals surface area (Å²) in [5.41, 5.74) is 1.15. The van der Waals surface area contributed by atoms with Crippen LogP contribution in [0.2, 0.25) is 0 Å². The van der Waals surface area contributed by atoms with Crippen molar-refractivity contribution < 1.29 is 22.8 Å². The molecule has 1 aliphatic heterocycles. The van der Waals surface area contributed by atoms with Crippen molar-refractivity contribution in [2.45, 2.75) is 26.4 Å². The maximum Gasteiger partial charge on any atom is 0.418 e. The van der Waals surface area contributed by atoms with Crippen LogP contribution in [0, 0.1) is 13.8 Å². The highest BCUT2D eigenvalue weighted by Gasteiger charge is 2.33. The molecule has 1 aromatic carbocycles. The van der Waals surface area contributed by atoms with Crippen LogP contribution in [-0.4, -0.2) is 59.3 Å². The minimum atomic E-state index is -4.55. The molecule has 1 aromatic heterocycles. The first kappa shape index (κ1) is 23.3. The number of hydrogen-bond donors (Lipinski definition) is 2. The second-order valence-electron chi connectivity index (χ2n) is 7.58. The first-order valence-electron chi connectivity index (χ1n) is 9.90. The van der Waals surface area contributed by atoms with Gasteiger partial charge in [-0.2, -0.15) is 13.2 Å². The maximum absolute atomic E-state index is 13.1.